The number of ether oxygens (including phenoxy) is 1. The van der Waals surface area contributed by atoms with Crippen molar-refractivity contribution < 1.29 is 14.6 Å². The smallest absolute Gasteiger partial charge is 0.314 e. The van der Waals surface area contributed by atoms with Gasteiger partial charge < -0.3 is 9.84 Å². The second kappa shape index (κ2) is 2.81. The summed E-state index contributed by atoms with van der Waals surface area (Å²) >= 11 is 0. The van der Waals surface area contributed by atoms with Gasteiger partial charge in [0.25, 0.3) is 0 Å². The molecule has 1 aliphatic rings. The molecule has 0 aliphatic carbocycles. The third-order valence-corrected chi connectivity index (χ3v) is 2.16. The summed E-state index contributed by atoms with van der Waals surface area (Å²) in [5, 5.41) is 9.02. The van der Waals surface area contributed by atoms with Crippen LogP contribution < -0.4 is 0 Å². The molecule has 0 saturated carbocycles. The van der Waals surface area contributed by atoms with Gasteiger partial charge in [-0.05, 0) is 13.3 Å². The second-order valence-electron chi connectivity index (χ2n) is 3.37. The molecule has 1 saturated heterocycles. The largest absolute Gasteiger partial charge is 0.436 e. The van der Waals surface area contributed by atoms with Crippen molar-refractivity contribution in [1.82, 2.24) is 0 Å². The summed E-state index contributed by atoms with van der Waals surface area (Å²) in [4.78, 5) is 11.1. The third kappa shape index (κ3) is 1.53. The first kappa shape index (κ1) is 8.53. The number of aliphatic hydroxyl groups excluding tert-OH is 1. The Kier molecular flexibility index (Phi) is 2.18. The molecular formula is C8H14O3. The minimum atomic E-state index is -0.876. The van der Waals surface area contributed by atoms with E-state index in [1.807, 2.05) is 13.8 Å². The van der Waals surface area contributed by atoms with Crippen molar-refractivity contribution in [2.75, 3.05) is 0 Å². The highest BCUT2D eigenvalue weighted by molar-refractivity contribution is 5.78. The van der Waals surface area contributed by atoms with E-state index >= 15 is 0 Å². The zero-order valence-electron chi connectivity index (χ0n) is 6.96. The van der Waals surface area contributed by atoms with E-state index in [4.69, 9.17) is 5.11 Å². The molecule has 1 aliphatic heterocycles. The Hall–Kier alpha value is -0.570. The second-order valence-corrected chi connectivity index (χ2v) is 3.37. The summed E-state index contributed by atoms with van der Waals surface area (Å²) in [5.41, 5.74) is -0.436. The molecule has 0 radical (unpaired) electrons. The lowest BCUT2D eigenvalue weighted by atomic mass is 9.84. The van der Waals surface area contributed by atoms with Gasteiger partial charge in [0, 0.05) is 6.42 Å². The molecule has 11 heavy (non-hydrogen) atoms. The standard InChI is InChI=1S/C8H14O3/c1-3-4-8(2)5-6(9)11-7(8)10/h6,9H,3-5H2,1-2H3. The molecule has 0 aromatic heterocycles. The summed E-state index contributed by atoms with van der Waals surface area (Å²) in [6.45, 7) is 3.86. The van der Waals surface area contributed by atoms with Gasteiger partial charge >= 0.3 is 5.97 Å². The monoisotopic (exact) mass is 158 g/mol. The van der Waals surface area contributed by atoms with Gasteiger partial charge in [0.2, 0.25) is 6.29 Å². The Morgan fingerprint density at radius 2 is 2.45 bits per heavy atom. The Morgan fingerprint density at radius 1 is 1.82 bits per heavy atom. The first-order valence-electron chi connectivity index (χ1n) is 3.97. The topological polar surface area (TPSA) is 46.5 Å². The van der Waals surface area contributed by atoms with E-state index in [-0.39, 0.29) is 5.97 Å². The Morgan fingerprint density at radius 3 is 2.82 bits per heavy atom. The lowest BCUT2D eigenvalue weighted by Crippen LogP contribution is -2.21. The van der Waals surface area contributed by atoms with Gasteiger partial charge in [-0.2, -0.15) is 0 Å². The number of hydrogen-bond acceptors (Lipinski definition) is 3. The molecule has 3 nitrogen and oxygen atoms in total. The summed E-state index contributed by atoms with van der Waals surface area (Å²) in [6.07, 6.45) is 1.31. The van der Waals surface area contributed by atoms with E-state index in [2.05, 4.69) is 4.74 Å². The van der Waals surface area contributed by atoms with Gasteiger partial charge in [-0.3, -0.25) is 4.79 Å². The molecule has 2 unspecified atom stereocenters. The lowest BCUT2D eigenvalue weighted by molar-refractivity contribution is -0.158. The third-order valence-electron chi connectivity index (χ3n) is 2.16. The summed E-state index contributed by atoms with van der Waals surface area (Å²) in [6, 6.07) is 0. The van der Waals surface area contributed by atoms with Crippen LogP contribution in [0.2, 0.25) is 0 Å². The van der Waals surface area contributed by atoms with Gasteiger partial charge in [0.15, 0.2) is 0 Å². The summed E-state index contributed by atoms with van der Waals surface area (Å²) < 4.78 is 4.65. The van der Waals surface area contributed by atoms with Crippen LogP contribution in [-0.2, 0) is 9.53 Å². The minimum absolute atomic E-state index is 0.258. The highest BCUT2D eigenvalue weighted by Crippen LogP contribution is 2.36. The van der Waals surface area contributed by atoms with Gasteiger partial charge in [0.1, 0.15) is 0 Å². The van der Waals surface area contributed by atoms with Gasteiger partial charge in [-0.25, -0.2) is 0 Å². The quantitative estimate of drug-likeness (QED) is 0.611. The molecule has 1 rings (SSSR count). The minimum Gasteiger partial charge on any atom is -0.436 e. The van der Waals surface area contributed by atoms with Crippen molar-refractivity contribution >= 4 is 5.97 Å². The predicted molar refractivity (Wildman–Crippen MR) is 39.7 cm³/mol. The van der Waals surface area contributed by atoms with Crippen molar-refractivity contribution in [3.05, 3.63) is 0 Å². The molecule has 0 bridgehead atoms. The number of rotatable bonds is 2. The maximum Gasteiger partial charge on any atom is 0.314 e. The first-order valence-corrected chi connectivity index (χ1v) is 3.97. The Balaban J connectivity index is 2.63. The van der Waals surface area contributed by atoms with Crippen LogP contribution in [0, 0.1) is 5.41 Å². The molecule has 0 aromatic carbocycles. The molecule has 0 aromatic rings. The molecule has 0 amide bonds. The van der Waals surface area contributed by atoms with E-state index in [9.17, 15) is 4.79 Å². The normalized spacial score (nSPS) is 37.4. The number of carbonyl (C=O) groups excluding carboxylic acids is 1. The molecule has 1 N–H and O–H groups in total. The van der Waals surface area contributed by atoms with Crippen molar-refractivity contribution in [2.45, 2.75) is 39.4 Å². The molecule has 64 valence electrons. The van der Waals surface area contributed by atoms with Crippen LogP contribution in [0.1, 0.15) is 33.1 Å². The van der Waals surface area contributed by atoms with Crippen molar-refractivity contribution in [3.8, 4) is 0 Å². The number of cyclic esters (lactones) is 1. The van der Waals surface area contributed by atoms with Crippen molar-refractivity contribution in [2.24, 2.45) is 5.41 Å². The SMILES string of the molecule is CCCC1(C)CC(O)OC1=O. The number of esters is 1. The van der Waals surface area contributed by atoms with E-state index in [0.717, 1.165) is 12.8 Å². The van der Waals surface area contributed by atoms with Crippen LogP contribution in [0.4, 0.5) is 0 Å². The van der Waals surface area contributed by atoms with Crippen LogP contribution in [0.5, 0.6) is 0 Å². The van der Waals surface area contributed by atoms with E-state index < -0.39 is 11.7 Å². The summed E-state index contributed by atoms with van der Waals surface area (Å²) in [7, 11) is 0. The average molecular weight is 158 g/mol. The van der Waals surface area contributed by atoms with Gasteiger partial charge in [0.05, 0.1) is 5.41 Å². The summed E-state index contributed by atoms with van der Waals surface area (Å²) in [5.74, 6) is -0.258. The molecule has 1 fully saturated rings. The highest BCUT2D eigenvalue weighted by Gasteiger charge is 2.43. The highest BCUT2D eigenvalue weighted by atomic mass is 16.6. The van der Waals surface area contributed by atoms with Crippen molar-refractivity contribution in [3.63, 3.8) is 0 Å². The van der Waals surface area contributed by atoms with E-state index in [1.165, 1.54) is 0 Å². The molecule has 2 atom stereocenters. The fourth-order valence-electron chi connectivity index (χ4n) is 1.53. The van der Waals surface area contributed by atoms with Crippen LogP contribution >= 0.6 is 0 Å². The van der Waals surface area contributed by atoms with E-state index in [1.54, 1.807) is 0 Å². The Bertz CT molecular complexity index is 167. The van der Waals surface area contributed by atoms with Crippen LogP contribution in [-0.4, -0.2) is 17.4 Å². The maximum absolute atomic E-state index is 11.1. The van der Waals surface area contributed by atoms with Gasteiger partial charge in [-0.15, -0.1) is 0 Å². The molecule has 1 heterocycles. The first-order chi connectivity index (χ1) is 5.08. The predicted octanol–water partition coefficient (Wildman–Crippen LogP) is 1.06. The number of carbonyl (C=O) groups is 1. The number of hydrogen-bond donors (Lipinski definition) is 1. The fourth-order valence-corrected chi connectivity index (χ4v) is 1.53. The van der Waals surface area contributed by atoms with Crippen LogP contribution in [0.25, 0.3) is 0 Å². The zero-order chi connectivity index (χ0) is 8.48. The van der Waals surface area contributed by atoms with Crippen molar-refractivity contribution in [1.29, 1.82) is 0 Å². The van der Waals surface area contributed by atoms with Crippen LogP contribution in [0.3, 0.4) is 0 Å². The number of aliphatic hydroxyl groups is 1. The maximum atomic E-state index is 11.1. The van der Waals surface area contributed by atoms with E-state index in [0.29, 0.717) is 6.42 Å². The molecule has 0 spiro atoms. The fraction of sp³-hybridized carbons (Fsp3) is 0.875. The average Bonchev–Trinajstić information content (AvgIpc) is 2.08. The van der Waals surface area contributed by atoms with Crippen LogP contribution in [0.15, 0.2) is 0 Å². The van der Waals surface area contributed by atoms with Gasteiger partial charge in [-0.1, -0.05) is 13.3 Å². The molecular weight excluding hydrogens is 144 g/mol. The Labute approximate surface area is 66.4 Å². The zero-order valence-corrected chi connectivity index (χ0v) is 6.96. The molecule has 3 heteroatoms. The lowest BCUT2D eigenvalue weighted by Gasteiger charge is -2.16.